The summed E-state index contributed by atoms with van der Waals surface area (Å²) in [5, 5.41) is 0.859. The fourth-order valence-electron chi connectivity index (χ4n) is 2.91. The lowest BCUT2D eigenvalue weighted by Gasteiger charge is -2.34. The van der Waals surface area contributed by atoms with E-state index in [-0.39, 0.29) is 12.6 Å². The van der Waals surface area contributed by atoms with E-state index >= 15 is 0 Å². The summed E-state index contributed by atoms with van der Waals surface area (Å²) in [6.07, 6.45) is 3.80. The molecule has 6 heteroatoms. The molecule has 1 aromatic heterocycles. The Balaban J connectivity index is 1.87. The average Bonchev–Trinajstić information content (AvgIpc) is 3.05. The molecule has 3 rings (SSSR count). The minimum atomic E-state index is -0.908. The number of rotatable bonds is 3. The standard InChI is InChI=1S/C12H18FN3OS/c1-8-14-12(18-15-8)16(9-4-2-3-5-9)11-7-17-6-10(11)13/h9-11H,2-7H2,1H3/t10-,11-/m1/s1. The highest BCUT2D eigenvalue weighted by molar-refractivity contribution is 7.09. The first-order valence-electron chi connectivity index (χ1n) is 6.56. The predicted octanol–water partition coefficient (Wildman–Crippen LogP) is 2.33. The van der Waals surface area contributed by atoms with Gasteiger partial charge in [0, 0.05) is 17.6 Å². The van der Waals surface area contributed by atoms with Crippen molar-refractivity contribution in [1.82, 2.24) is 9.36 Å². The van der Waals surface area contributed by atoms with E-state index in [0.717, 1.165) is 23.8 Å². The molecule has 1 saturated carbocycles. The SMILES string of the molecule is Cc1nsc(N(C2CCCC2)[C@@H]2COC[C@H]2F)n1. The Hall–Kier alpha value is -0.750. The van der Waals surface area contributed by atoms with Gasteiger partial charge in [0.05, 0.1) is 19.3 Å². The molecular weight excluding hydrogens is 253 g/mol. The van der Waals surface area contributed by atoms with Crippen LogP contribution in [0, 0.1) is 6.92 Å². The zero-order chi connectivity index (χ0) is 12.5. The van der Waals surface area contributed by atoms with Crippen LogP contribution in [0.5, 0.6) is 0 Å². The molecule has 18 heavy (non-hydrogen) atoms. The van der Waals surface area contributed by atoms with Crippen LogP contribution in [0.2, 0.25) is 0 Å². The summed E-state index contributed by atoms with van der Waals surface area (Å²) in [5.74, 6) is 0.771. The summed E-state index contributed by atoms with van der Waals surface area (Å²) in [6, 6.07) is 0.225. The maximum Gasteiger partial charge on any atom is 0.205 e. The van der Waals surface area contributed by atoms with Crippen LogP contribution >= 0.6 is 11.5 Å². The third-order valence-corrected chi connectivity index (χ3v) is 4.62. The number of halogens is 1. The monoisotopic (exact) mass is 271 g/mol. The second-order valence-corrected chi connectivity index (χ2v) is 5.82. The van der Waals surface area contributed by atoms with Crippen LogP contribution in [0.25, 0.3) is 0 Å². The molecule has 0 N–H and O–H groups in total. The molecule has 0 aromatic carbocycles. The maximum atomic E-state index is 14.0. The molecule has 2 heterocycles. The van der Waals surface area contributed by atoms with Crippen molar-refractivity contribution < 1.29 is 9.13 Å². The van der Waals surface area contributed by atoms with Gasteiger partial charge in [-0.15, -0.1) is 0 Å². The van der Waals surface area contributed by atoms with Crippen LogP contribution < -0.4 is 4.90 Å². The van der Waals surface area contributed by atoms with E-state index in [4.69, 9.17) is 4.74 Å². The van der Waals surface area contributed by atoms with Crippen molar-refractivity contribution in [3.8, 4) is 0 Å². The molecule has 1 aromatic rings. The van der Waals surface area contributed by atoms with Crippen LogP contribution in [-0.4, -0.2) is 40.8 Å². The maximum absolute atomic E-state index is 14.0. The van der Waals surface area contributed by atoms with Gasteiger partial charge in [-0.25, -0.2) is 9.37 Å². The molecule has 100 valence electrons. The summed E-state index contributed by atoms with van der Waals surface area (Å²) >= 11 is 1.38. The normalized spacial score (nSPS) is 29.0. The molecule has 2 fully saturated rings. The molecule has 2 aliphatic rings. The fourth-order valence-corrected chi connectivity index (χ4v) is 3.72. The molecule has 0 radical (unpaired) electrons. The highest BCUT2D eigenvalue weighted by Crippen LogP contribution is 2.33. The quantitative estimate of drug-likeness (QED) is 0.845. The first-order valence-corrected chi connectivity index (χ1v) is 7.33. The van der Waals surface area contributed by atoms with Gasteiger partial charge < -0.3 is 9.64 Å². The Bertz CT molecular complexity index is 408. The average molecular weight is 271 g/mol. The minimum absolute atomic E-state index is 0.180. The Kier molecular flexibility index (Phi) is 3.48. The second-order valence-electron chi connectivity index (χ2n) is 5.09. The summed E-state index contributed by atoms with van der Waals surface area (Å²) in [5.41, 5.74) is 0. The van der Waals surface area contributed by atoms with Gasteiger partial charge in [-0.2, -0.15) is 4.37 Å². The largest absolute Gasteiger partial charge is 0.376 e. The Morgan fingerprint density at radius 2 is 2.11 bits per heavy atom. The molecule has 4 nitrogen and oxygen atoms in total. The number of alkyl halides is 1. The van der Waals surface area contributed by atoms with E-state index in [0.29, 0.717) is 12.6 Å². The highest BCUT2D eigenvalue weighted by Gasteiger charge is 2.39. The molecule has 1 aliphatic carbocycles. The summed E-state index contributed by atoms with van der Waals surface area (Å²) in [6.45, 7) is 2.56. The van der Waals surface area contributed by atoms with Crippen molar-refractivity contribution in [3.05, 3.63) is 5.82 Å². The summed E-state index contributed by atoms with van der Waals surface area (Å²) < 4.78 is 23.5. The van der Waals surface area contributed by atoms with E-state index in [1.165, 1.54) is 24.4 Å². The molecule has 0 bridgehead atoms. The van der Waals surface area contributed by atoms with E-state index in [1.807, 2.05) is 6.92 Å². The summed E-state index contributed by atoms with van der Waals surface area (Å²) in [4.78, 5) is 6.59. The molecule has 0 amide bonds. The van der Waals surface area contributed by atoms with Crippen LogP contribution in [0.4, 0.5) is 9.52 Å². The van der Waals surface area contributed by atoms with Crippen molar-refractivity contribution in [3.63, 3.8) is 0 Å². The van der Waals surface area contributed by atoms with Crippen LogP contribution in [-0.2, 0) is 4.74 Å². The van der Waals surface area contributed by atoms with Gasteiger partial charge in [0.25, 0.3) is 0 Å². The van der Waals surface area contributed by atoms with Gasteiger partial charge in [-0.1, -0.05) is 12.8 Å². The van der Waals surface area contributed by atoms with Crippen molar-refractivity contribution in [1.29, 1.82) is 0 Å². The zero-order valence-electron chi connectivity index (χ0n) is 10.5. The Morgan fingerprint density at radius 1 is 1.33 bits per heavy atom. The fraction of sp³-hybridized carbons (Fsp3) is 0.833. The minimum Gasteiger partial charge on any atom is -0.376 e. The molecule has 1 saturated heterocycles. The second kappa shape index (κ2) is 5.09. The predicted molar refractivity (Wildman–Crippen MR) is 68.9 cm³/mol. The third-order valence-electron chi connectivity index (χ3n) is 3.80. The number of ether oxygens (including phenoxy) is 1. The lowest BCUT2D eigenvalue weighted by Crippen LogP contribution is -2.47. The van der Waals surface area contributed by atoms with Crippen molar-refractivity contribution in [2.45, 2.75) is 50.9 Å². The number of nitrogens with zero attached hydrogens (tertiary/aromatic N) is 3. The van der Waals surface area contributed by atoms with Crippen molar-refractivity contribution in [2.75, 3.05) is 18.1 Å². The molecule has 0 spiro atoms. The number of hydrogen-bond donors (Lipinski definition) is 0. The van der Waals surface area contributed by atoms with Crippen LogP contribution in [0.3, 0.4) is 0 Å². The van der Waals surface area contributed by atoms with Gasteiger partial charge in [0.2, 0.25) is 5.13 Å². The molecule has 0 unspecified atom stereocenters. The lowest BCUT2D eigenvalue weighted by atomic mass is 10.1. The number of anilines is 1. The number of aromatic nitrogens is 2. The van der Waals surface area contributed by atoms with Gasteiger partial charge in [-0.3, -0.25) is 0 Å². The Labute approximate surface area is 110 Å². The van der Waals surface area contributed by atoms with E-state index < -0.39 is 6.17 Å². The number of aryl methyl sites for hydroxylation is 1. The van der Waals surface area contributed by atoms with Crippen LogP contribution in [0.15, 0.2) is 0 Å². The van der Waals surface area contributed by atoms with Gasteiger partial charge in [-0.05, 0) is 19.8 Å². The summed E-state index contributed by atoms with van der Waals surface area (Å²) in [7, 11) is 0. The molecule has 1 aliphatic heterocycles. The van der Waals surface area contributed by atoms with Gasteiger partial charge in [0.15, 0.2) is 0 Å². The Morgan fingerprint density at radius 3 is 2.67 bits per heavy atom. The van der Waals surface area contributed by atoms with E-state index in [2.05, 4.69) is 14.3 Å². The third kappa shape index (κ3) is 2.23. The van der Waals surface area contributed by atoms with Gasteiger partial charge in [0.1, 0.15) is 12.0 Å². The zero-order valence-corrected chi connectivity index (χ0v) is 11.3. The highest BCUT2D eigenvalue weighted by atomic mass is 32.1. The van der Waals surface area contributed by atoms with E-state index in [9.17, 15) is 4.39 Å². The first kappa shape index (κ1) is 12.3. The number of hydrogen-bond acceptors (Lipinski definition) is 5. The molecular formula is C12H18FN3OS. The topological polar surface area (TPSA) is 38.2 Å². The van der Waals surface area contributed by atoms with Crippen molar-refractivity contribution >= 4 is 16.7 Å². The smallest absolute Gasteiger partial charge is 0.205 e. The van der Waals surface area contributed by atoms with E-state index in [1.54, 1.807) is 0 Å². The van der Waals surface area contributed by atoms with Crippen molar-refractivity contribution in [2.24, 2.45) is 0 Å². The van der Waals surface area contributed by atoms with Crippen LogP contribution in [0.1, 0.15) is 31.5 Å². The lowest BCUT2D eigenvalue weighted by molar-refractivity contribution is 0.173. The first-order chi connectivity index (χ1) is 8.75. The van der Waals surface area contributed by atoms with Gasteiger partial charge >= 0.3 is 0 Å². The molecule has 2 atom stereocenters.